The minimum atomic E-state index is 0.446. The fraction of sp³-hybridized carbons (Fsp3) is 0.250. The minimum Gasteiger partial charge on any atom is -0.385 e. The molecule has 0 spiro atoms. The number of pyridine rings is 1. The van der Waals surface area contributed by atoms with E-state index in [-0.39, 0.29) is 0 Å². The number of nitrogens with one attached hydrogen (secondary N) is 1. The molecule has 0 atom stereocenters. The van der Waals surface area contributed by atoms with Gasteiger partial charge in [0.1, 0.15) is 6.20 Å². The van der Waals surface area contributed by atoms with Gasteiger partial charge in [0.2, 0.25) is 0 Å². The third-order valence-corrected chi connectivity index (χ3v) is 1.48. The van der Waals surface area contributed by atoms with Gasteiger partial charge < -0.3 is 10.2 Å². The van der Waals surface area contributed by atoms with Crippen molar-refractivity contribution < 1.29 is 0 Å². The maximum absolute atomic E-state index is 6.71. The molecule has 0 aromatic carbocycles. The van der Waals surface area contributed by atoms with Crippen molar-refractivity contribution >= 4 is 11.5 Å². The van der Waals surface area contributed by atoms with E-state index < -0.39 is 0 Å². The molecule has 1 aromatic heterocycles. The Morgan fingerprint density at radius 2 is 2.36 bits per heavy atom. The quantitative estimate of drug-likeness (QED) is 0.615. The summed E-state index contributed by atoms with van der Waals surface area (Å²) >= 11 is 0. The molecule has 1 aromatic rings. The van der Waals surface area contributed by atoms with E-state index in [1.54, 1.807) is 12.3 Å². The molecule has 0 unspecified atom stereocenters. The molecule has 0 amide bonds. The molecule has 0 saturated carbocycles. The Bertz CT molecular complexity index is 299. The second-order valence-corrected chi connectivity index (χ2v) is 2.22. The standard InChI is InChI=1S/C8H9N3/c1-6-4-8(10-3)11-5-7(6)9-2/h4-5,9H,1-2H3. The number of aryl methyl sites for hydroxylation is 1. The summed E-state index contributed by atoms with van der Waals surface area (Å²) in [5.41, 5.74) is 2.02. The van der Waals surface area contributed by atoms with Crippen molar-refractivity contribution in [3.63, 3.8) is 0 Å². The average molecular weight is 147 g/mol. The molecule has 0 aliphatic rings. The molecule has 1 N–H and O–H groups in total. The normalized spacial score (nSPS) is 8.82. The molecule has 3 heteroatoms. The van der Waals surface area contributed by atoms with E-state index in [1.165, 1.54) is 0 Å². The summed E-state index contributed by atoms with van der Waals surface area (Å²) in [6, 6.07) is 1.76. The van der Waals surface area contributed by atoms with E-state index in [1.807, 2.05) is 14.0 Å². The van der Waals surface area contributed by atoms with Crippen molar-refractivity contribution in [1.29, 1.82) is 0 Å². The Morgan fingerprint density at radius 3 is 2.82 bits per heavy atom. The van der Waals surface area contributed by atoms with Gasteiger partial charge in [-0.25, -0.2) is 0 Å². The van der Waals surface area contributed by atoms with Gasteiger partial charge >= 0.3 is 0 Å². The van der Waals surface area contributed by atoms with Crippen molar-refractivity contribution in [2.75, 3.05) is 12.4 Å². The fourth-order valence-corrected chi connectivity index (χ4v) is 0.864. The van der Waals surface area contributed by atoms with Gasteiger partial charge in [0.25, 0.3) is 5.82 Å². The zero-order valence-corrected chi connectivity index (χ0v) is 6.55. The molecule has 56 valence electrons. The number of hydrogen-bond donors (Lipinski definition) is 1. The lowest BCUT2D eigenvalue weighted by molar-refractivity contribution is 1.29. The Morgan fingerprint density at radius 1 is 1.64 bits per heavy atom. The first-order valence-corrected chi connectivity index (χ1v) is 3.30. The van der Waals surface area contributed by atoms with E-state index in [0.29, 0.717) is 5.82 Å². The third kappa shape index (κ3) is 1.47. The van der Waals surface area contributed by atoms with Gasteiger partial charge in [-0.05, 0) is 18.6 Å². The topological polar surface area (TPSA) is 29.3 Å². The molecule has 0 aliphatic heterocycles. The van der Waals surface area contributed by atoms with Gasteiger partial charge in [0, 0.05) is 7.05 Å². The van der Waals surface area contributed by atoms with Gasteiger partial charge in [0.15, 0.2) is 0 Å². The van der Waals surface area contributed by atoms with Crippen molar-refractivity contribution in [1.82, 2.24) is 4.98 Å². The van der Waals surface area contributed by atoms with E-state index in [0.717, 1.165) is 11.3 Å². The van der Waals surface area contributed by atoms with E-state index in [4.69, 9.17) is 6.57 Å². The lowest BCUT2D eigenvalue weighted by Gasteiger charge is -2.00. The van der Waals surface area contributed by atoms with Crippen LogP contribution >= 0.6 is 0 Å². The second kappa shape index (κ2) is 3.02. The van der Waals surface area contributed by atoms with Crippen LogP contribution in [0.3, 0.4) is 0 Å². The zero-order valence-electron chi connectivity index (χ0n) is 6.55. The van der Waals surface area contributed by atoms with Crippen LogP contribution in [0.25, 0.3) is 4.85 Å². The highest BCUT2D eigenvalue weighted by atomic mass is 14.9. The number of nitrogens with zero attached hydrogens (tertiary/aromatic N) is 2. The van der Waals surface area contributed by atoms with Crippen LogP contribution in [0.15, 0.2) is 12.3 Å². The maximum Gasteiger partial charge on any atom is 0.269 e. The van der Waals surface area contributed by atoms with Crippen LogP contribution < -0.4 is 5.32 Å². The zero-order chi connectivity index (χ0) is 8.27. The molecule has 3 nitrogen and oxygen atoms in total. The summed E-state index contributed by atoms with van der Waals surface area (Å²) in [4.78, 5) is 7.13. The molecular formula is C8H9N3. The minimum absolute atomic E-state index is 0.446. The van der Waals surface area contributed by atoms with Gasteiger partial charge in [-0.15, -0.1) is 4.98 Å². The van der Waals surface area contributed by atoms with E-state index in [9.17, 15) is 0 Å². The summed E-state index contributed by atoms with van der Waals surface area (Å²) in [5.74, 6) is 0.446. The Kier molecular flexibility index (Phi) is 2.07. The summed E-state index contributed by atoms with van der Waals surface area (Å²) in [7, 11) is 1.83. The predicted octanol–water partition coefficient (Wildman–Crippen LogP) is 1.98. The van der Waals surface area contributed by atoms with Crippen LogP contribution in [0.5, 0.6) is 0 Å². The van der Waals surface area contributed by atoms with E-state index in [2.05, 4.69) is 15.1 Å². The predicted molar refractivity (Wildman–Crippen MR) is 44.8 cm³/mol. The highest BCUT2D eigenvalue weighted by Crippen LogP contribution is 2.17. The first kappa shape index (κ1) is 7.55. The Hall–Kier alpha value is -1.56. The summed E-state index contributed by atoms with van der Waals surface area (Å²) in [5, 5.41) is 2.98. The summed E-state index contributed by atoms with van der Waals surface area (Å²) in [6.45, 7) is 8.66. The Balaban J connectivity index is 3.12. The smallest absolute Gasteiger partial charge is 0.269 e. The first-order valence-electron chi connectivity index (χ1n) is 3.30. The fourth-order valence-electron chi connectivity index (χ4n) is 0.864. The van der Waals surface area contributed by atoms with Crippen LogP contribution in [0.4, 0.5) is 11.5 Å². The molecule has 0 saturated heterocycles. The molecule has 0 fully saturated rings. The molecule has 0 bridgehead atoms. The van der Waals surface area contributed by atoms with Crippen molar-refractivity contribution in [3.8, 4) is 0 Å². The van der Waals surface area contributed by atoms with Crippen LogP contribution in [0.1, 0.15) is 5.56 Å². The van der Waals surface area contributed by atoms with E-state index >= 15 is 0 Å². The van der Waals surface area contributed by atoms with Crippen LogP contribution in [0.2, 0.25) is 0 Å². The summed E-state index contributed by atoms with van der Waals surface area (Å²) in [6.07, 6.45) is 1.67. The largest absolute Gasteiger partial charge is 0.385 e. The number of aromatic nitrogens is 1. The van der Waals surface area contributed by atoms with Crippen LogP contribution in [-0.2, 0) is 0 Å². The first-order chi connectivity index (χ1) is 5.27. The maximum atomic E-state index is 6.71. The molecule has 0 radical (unpaired) electrons. The van der Waals surface area contributed by atoms with Crippen LogP contribution in [-0.4, -0.2) is 12.0 Å². The molecule has 11 heavy (non-hydrogen) atoms. The Labute approximate surface area is 65.9 Å². The third-order valence-electron chi connectivity index (χ3n) is 1.48. The van der Waals surface area contributed by atoms with Gasteiger partial charge in [-0.2, -0.15) is 0 Å². The average Bonchev–Trinajstić information content (AvgIpc) is 2.04. The van der Waals surface area contributed by atoms with Gasteiger partial charge in [-0.1, -0.05) is 6.57 Å². The van der Waals surface area contributed by atoms with Gasteiger partial charge in [-0.3, -0.25) is 0 Å². The van der Waals surface area contributed by atoms with Crippen molar-refractivity contribution in [2.45, 2.75) is 6.92 Å². The van der Waals surface area contributed by atoms with Crippen molar-refractivity contribution in [3.05, 3.63) is 29.2 Å². The lowest BCUT2D eigenvalue weighted by Crippen LogP contribution is -1.91. The molecule has 1 rings (SSSR count). The number of rotatable bonds is 1. The second-order valence-electron chi connectivity index (χ2n) is 2.22. The molecular weight excluding hydrogens is 138 g/mol. The number of anilines is 1. The SMILES string of the molecule is [C-]#[N+]c1cc(C)c(NC)cn1. The number of hydrogen-bond acceptors (Lipinski definition) is 2. The lowest BCUT2D eigenvalue weighted by atomic mass is 10.2. The van der Waals surface area contributed by atoms with Crippen LogP contribution in [0, 0.1) is 13.5 Å². The highest BCUT2D eigenvalue weighted by Gasteiger charge is 1.98. The highest BCUT2D eigenvalue weighted by molar-refractivity contribution is 5.53. The summed E-state index contributed by atoms with van der Waals surface area (Å²) < 4.78 is 0. The van der Waals surface area contributed by atoms with Gasteiger partial charge in [0.05, 0.1) is 5.69 Å². The monoisotopic (exact) mass is 147 g/mol. The molecule has 0 aliphatic carbocycles. The molecule has 1 heterocycles. The van der Waals surface area contributed by atoms with Crippen molar-refractivity contribution in [2.24, 2.45) is 0 Å².